The number of benzene rings is 2. The van der Waals surface area contributed by atoms with Crippen molar-refractivity contribution in [3.8, 4) is 5.75 Å². The Kier molecular flexibility index (Phi) is 6.03. The Morgan fingerprint density at radius 2 is 1.87 bits per heavy atom. The van der Waals surface area contributed by atoms with Crippen LogP contribution in [-0.2, 0) is 0 Å². The molecule has 0 heterocycles. The molecule has 0 bridgehead atoms. The summed E-state index contributed by atoms with van der Waals surface area (Å²) in [6, 6.07) is 18.1. The summed E-state index contributed by atoms with van der Waals surface area (Å²) in [7, 11) is 1.64. The summed E-state index contributed by atoms with van der Waals surface area (Å²) in [6.45, 7) is 5.07. The number of anilines is 1. The molecule has 1 atom stereocenters. The minimum absolute atomic E-state index is 0.349. The molecule has 3 N–H and O–H groups in total. The summed E-state index contributed by atoms with van der Waals surface area (Å²) in [6.07, 6.45) is 0. The van der Waals surface area contributed by atoms with E-state index in [2.05, 4.69) is 48.4 Å². The van der Waals surface area contributed by atoms with Crippen molar-refractivity contribution in [2.24, 2.45) is 16.6 Å². The second-order valence-corrected chi connectivity index (χ2v) is 5.84. The lowest BCUT2D eigenvalue weighted by molar-refractivity contribution is 0.415. The topological polar surface area (TPSA) is 59.6 Å². The monoisotopic (exact) mass is 311 g/mol. The Hall–Kier alpha value is -2.49. The molecule has 1 unspecified atom stereocenters. The van der Waals surface area contributed by atoms with Gasteiger partial charge in [-0.05, 0) is 23.6 Å². The second-order valence-electron chi connectivity index (χ2n) is 5.84. The number of hydrogen-bond donors (Lipinski definition) is 2. The van der Waals surface area contributed by atoms with Crippen molar-refractivity contribution >= 4 is 11.6 Å². The summed E-state index contributed by atoms with van der Waals surface area (Å²) >= 11 is 0. The van der Waals surface area contributed by atoms with Gasteiger partial charge in [0.2, 0.25) is 0 Å². The molecule has 4 heteroatoms. The minimum atomic E-state index is 0.349. The first-order valence-corrected chi connectivity index (χ1v) is 7.86. The van der Waals surface area contributed by atoms with Crippen molar-refractivity contribution in [3.63, 3.8) is 0 Å². The van der Waals surface area contributed by atoms with E-state index >= 15 is 0 Å². The Labute approximate surface area is 138 Å². The average Bonchev–Trinajstić information content (AvgIpc) is 2.56. The first-order chi connectivity index (χ1) is 11.1. The highest BCUT2D eigenvalue weighted by atomic mass is 16.5. The van der Waals surface area contributed by atoms with Gasteiger partial charge in [-0.1, -0.05) is 50.2 Å². The van der Waals surface area contributed by atoms with E-state index in [-0.39, 0.29) is 0 Å². The molecule has 0 aliphatic heterocycles. The van der Waals surface area contributed by atoms with Crippen LogP contribution >= 0.6 is 0 Å². The Balaban J connectivity index is 2.04. The molecular weight excluding hydrogens is 286 g/mol. The van der Waals surface area contributed by atoms with E-state index in [0.717, 1.165) is 11.4 Å². The van der Waals surface area contributed by atoms with Crippen LogP contribution in [0.2, 0.25) is 0 Å². The van der Waals surface area contributed by atoms with Gasteiger partial charge in [-0.3, -0.25) is 4.99 Å². The highest BCUT2D eigenvalue weighted by Gasteiger charge is 2.15. The summed E-state index contributed by atoms with van der Waals surface area (Å²) < 4.78 is 5.20. The lowest BCUT2D eigenvalue weighted by atomic mass is 9.88. The number of rotatable bonds is 6. The molecule has 0 spiro atoms. The molecule has 0 fully saturated rings. The molecule has 0 amide bonds. The fourth-order valence-corrected chi connectivity index (χ4v) is 2.49. The molecule has 0 aliphatic carbocycles. The number of nitrogens with zero attached hydrogens (tertiary/aromatic N) is 1. The van der Waals surface area contributed by atoms with Gasteiger partial charge in [0.25, 0.3) is 0 Å². The van der Waals surface area contributed by atoms with Gasteiger partial charge in [0, 0.05) is 24.2 Å². The van der Waals surface area contributed by atoms with E-state index in [9.17, 15) is 0 Å². The summed E-state index contributed by atoms with van der Waals surface area (Å²) in [4.78, 5) is 4.52. The molecule has 4 nitrogen and oxygen atoms in total. The molecule has 0 radical (unpaired) electrons. The van der Waals surface area contributed by atoms with Gasteiger partial charge in [0.1, 0.15) is 5.75 Å². The van der Waals surface area contributed by atoms with Crippen LogP contribution in [0.4, 0.5) is 5.69 Å². The maximum absolute atomic E-state index is 6.02. The second kappa shape index (κ2) is 8.22. The molecule has 122 valence electrons. The van der Waals surface area contributed by atoms with E-state index < -0.39 is 0 Å². The summed E-state index contributed by atoms with van der Waals surface area (Å²) in [5, 5.41) is 3.11. The van der Waals surface area contributed by atoms with Crippen LogP contribution in [0.3, 0.4) is 0 Å². The quantitative estimate of drug-likeness (QED) is 0.629. The number of hydrogen-bond acceptors (Lipinski definition) is 2. The van der Waals surface area contributed by atoms with Crippen molar-refractivity contribution in [1.82, 2.24) is 0 Å². The SMILES string of the molecule is COc1cccc(NC(N)=NCC(c2ccccc2)C(C)C)c1. The maximum Gasteiger partial charge on any atom is 0.193 e. The van der Waals surface area contributed by atoms with Crippen LogP contribution in [-0.4, -0.2) is 19.6 Å². The fourth-order valence-electron chi connectivity index (χ4n) is 2.49. The van der Waals surface area contributed by atoms with E-state index in [1.807, 2.05) is 30.3 Å². The van der Waals surface area contributed by atoms with Crippen molar-refractivity contribution in [1.29, 1.82) is 0 Å². The highest BCUT2D eigenvalue weighted by molar-refractivity contribution is 5.92. The number of methoxy groups -OCH3 is 1. The molecule has 23 heavy (non-hydrogen) atoms. The highest BCUT2D eigenvalue weighted by Crippen LogP contribution is 2.24. The van der Waals surface area contributed by atoms with Gasteiger partial charge in [0.05, 0.1) is 7.11 Å². The van der Waals surface area contributed by atoms with Crippen molar-refractivity contribution in [3.05, 3.63) is 60.2 Å². The zero-order chi connectivity index (χ0) is 16.7. The molecule has 2 aromatic rings. The number of nitrogens with two attached hydrogens (primary N) is 1. The first kappa shape index (κ1) is 16.9. The summed E-state index contributed by atoms with van der Waals surface area (Å²) in [5.41, 5.74) is 8.18. The standard InChI is InChI=1S/C19H25N3O/c1-14(2)18(15-8-5-4-6-9-15)13-21-19(20)22-16-10-7-11-17(12-16)23-3/h4-12,14,18H,13H2,1-3H3,(H3,20,21,22). The number of aliphatic imine (C=N–C) groups is 1. The van der Waals surface area contributed by atoms with Crippen LogP contribution in [0, 0.1) is 5.92 Å². The van der Waals surface area contributed by atoms with Gasteiger partial charge in [-0.2, -0.15) is 0 Å². The third-order valence-corrected chi connectivity index (χ3v) is 3.83. The van der Waals surface area contributed by atoms with Crippen LogP contribution in [0.5, 0.6) is 5.75 Å². The lowest BCUT2D eigenvalue weighted by Crippen LogP contribution is -2.24. The number of nitrogens with one attached hydrogen (secondary N) is 1. The third-order valence-electron chi connectivity index (χ3n) is 3.83. The molecule has 2 aromatic carbocycles. The zero-order valence-corrected chi connectivity index (χ0v) is 14.0. The van der Waals surface area contributed by atoms with Crippen molar-refractivity contribution in [2.75, 3.05) is 19.0 Å². The normalized spacial score (nSPS) is 13.0. The van der Waals surface area contributed by atoms with E-state index in [0.29, 0.717) is 24.3 Å². The number of ether oxygens (including phenoxy) is 1. The van der Waals surface area contributed by atoms with Gasteiger partial charge >= 0.3 is 0 Å². The van der Waals surface area contributed by atoms with Crippen molar-refractivity contribution < 1.29 is 4.74 Å². The smallest absolute Gasteiger partial charge is 0.193 e. The average molecular weight is 311 g/mol. The van der Waals surface area contributed by atoms with Crippen LogP contribution in [0.15, 0.2) is 59.6 Å². The molecule has 0 saturated carbocycles. The Morgan fingerprint density at radius 3 is 2.52 bits per heavy atom. The van der Waals surface area contributed by atoms with E-state index in [4.69, 9.17) is 10.5 Å². The molecule has 0 aromatic heterocycles. The van der Waals surface area contributed by atoms with Crippen LogP contribution in [0.1, 0.15) is 25.3 Å². The van der Waals surface area contributed by atoms with Crippen LogP contribution in [0.25, 0.3) is 0 Å². The number of guanidine groups is 1. The Morgan fingerprint density at radius 1 is 1.13 bits per heavy atom. The van der Waals surface area contributed by atoms with Gasteiger partial charge in [-0.15, -0.1) is 0 Å². The third kappa shape index (κ3) is 5.02. The fraction of sp³-hybridized carbons (Fsp3) is 0.316. The zero-order valence-electron chi connectivity index (χ0n) is 14.0. The van der Waals surface area contributed by atoms with Gasteiger partial charge < -0.3 is 15.8 Å². The molecular formula is C19H25N3O. The molecule has 2 rings (SSSR count). The van der Waals surface area contributed by atoms with Crippen molar-refractivity contribution in [2.45, 2.75) is 19.8 Å². The minimum Gasteiger partial charge on any atom is -0.497 e. The van der Waals surface area contributed by atoms with Crippen LogP contribution < -0.4 is 15.8 Å². The van der Waals surface area contributed by atoms with Gasteiger partial charge in [-0.25, -0.2) is 0 Å². The lowest BCUT2D eigenvalue weighted by Gasteiger charge is -2.19. The van der Waals surface area contributed by atoms with Gasteiger partial charge in [0.15, 0.2) is 5.96 Å². The first-order valence-electron chi connectivity index (χ1n) is 7.86. The predicted molar refractivity (Wildman–Crippen MR) is 97.1 cm³/mol. The van der Waals surface area contributed by atoms with E-state index in [1.165, 1.54) is 5.56 Å². The largest absolute Gasteiger partial charge is 0.497 e. The summed E-state index contributed by atoms with van der Waals surface area (Å²) in [5.74, 6) is 2.04. The Bertz CT molecular complexity index is 638. The maximum atomic E-state index is 6.02. The molecule has 0 aliphatic rings. The molecule has 0 saturated heterocycles. The van der Waals surface area contributed by atoms with E-state index in [1.54, 1.807) is 7.11 Å². The predicted octanol–water partition coefficient (Wildman–Crippen LogP) is 3.86.